The Morgan fingerprint density at radius 2 is 1.86 bits per heavy atom. The van der Waals surface area contributed by atoms with Gasteiger partial charge in [0.05, 0.1) is 0 Å². The first-order valence-corrected chi connectivity index (χ1v) is 10.6. The van der Waals surface area contributed by atoms with Crippen molar-refractivity contribution in [3.05, 3.63) is 23.8 Å². The molecule has 0 radical (unpaired) electrons. The van der Waals surface area contributed by atoms with Crippen molar-refractivity contribution in [1.82, 2.24) is 0 Å². The SMILES string of the molecule is CC(=O)O[C@H]1/C=C(/C)CC(=O)C[C@H](C)/C=C/[C@@]2(C)CC[C@@H](C(C)(C)OC(C)=O)[C@H]12. The lowest BCUT2D eigenvalue weighted by Gasteiger charge is -2.42. The van der Waals surface area contributed by atoms with Gasteiger partial charge < -0.3 is 9.47 Å². The van der Waals surface area contributed by atoms with E-state index < -0.39 is 11.7 Å². The lowest BCUT2D eigenvalue weighted by molar-refractivity contribution is -0.166. The summed E-state index contributed by atoms with van der Waals surface area (Å²) < 4.78 is 11.5. The maximum atomic E-state index is 12.4. The Hall–Kier alpha value is -1.91. The number of Topliss-reactive ketones (excluding diaryl/α,β-unsaturated/α-hetero) is 1. The average Bonchev–Trinajstić information content (AvgIpc) is 2.88. The first-order valence-electron chi connectivity index (χ1n) is 10.6. The topological polar surface area (TPSA) is 69.7 Å². The lowest BCUT2D eigenvalue weighted by atomic mass is 9.69. The predicted octanol–water partition coefficient (Wildman–Crippen LogP) is 4.79. The van der Waals surface area contributed by atoms with E-state index >= 15 is 0 Å². The summed E-state index contributed by atoms with van der Waals surface area (Å²) in [6.07, 6.45) is 8.40. The van der Waals surface area contributed by atoms with E-state index in [1.54, 1.807) is 0 Å². The molecule has 29 heavy (non-hydrogen) atoms. The Labute approximate surface area is 174 Å². The first kappa shape index (κ1) is 23.4. The van der Waals surface area contributed by atoms with Gasteiger partial charge in [-0.1, -0.05) is 31.6 Å². The Kier molecular flexibility index (Phi) is 7.13. The molecule has 0 aromatic carbocycles. The molecule has 0 aliphatic heterocycles. The molecule has 0 aromatic heterocycles. The summed E-state index contributed by atoms with van der Waals surface area (Å²) >= 11 is 0. The molecular weight excluding hydrogens is 368 g/mol. The first-order chi connectivity index (χ1) is 13.3. The Morgan fingerprint density at radius 3 is 2.45 bits per heavy atom. The summed E-state index contributed by atoms with van der Waals surface area (Å²) in [5.41, 5.74) is -0.0153. The van der Waals surface area contributed by atoms with Gasteiger partial charge in [0.15, 0.2) is 0 Å². The number of carbonyl (C=O) groups excluding carboxylic acids is 3. The highest BCUT2D eigenvalue weighted by Gasteiger charge is 2.54. The molecular formula is C24H36O5. The summed E-state index contributed by atoms with van der Waals surface area (Å²) in [6, 6.07) is 0. The third-order valence-corrected chi connectivity index (χ3v) is 6.42. The van der Waals surface area contributed by atoms with E-state index in [0.29, 0.717) is 12.8 Å². The van der Waals surface area contributed by atoms with Crippen LogP contribution < -0.4 is 0 Å². The van der Waals surface area contributed by atoms with Gasteiger partial charge in [0.25, 0.3) is 0 Å². The van der Waals surface area contributed by atoms with Crippen LogP contribution in [0, 0.1) is 23.2 Å². The molecule has 5 atom stereocenters. The fourth-order valence-electron chi connectivity index (χ4n) is 5.23. The molecule has 162 valence electrons. The van der Waals surface area contributed by atoms with Crippen molar-refractivity contribution in [2.24, 2.45) is 23.2 Å². The minimum atomic E-state index is -0.691. The van der Waals surface area contributed by atoms with E-state index in [1.807, 2.05) is 26.8 Å². The molecule has 0 N–H and O–H groups in total. The number of ether oxygens (including phenoxy) is 2. The van der Waals surface area contributed by atoms with E-state index in [-0.39, 0.29) is 40.9 Å². The number of hydrogen-bond donors (Lipinski definition) is 0. The number of rotatable bonds is 3. The molecule has 0 spiro atoms. The van der Waals surface area contributed by atoms with E-state index in [2.05, 4.69) is 26.0 Å². The van der Waals surface area contributed by atoms with Gasteiger partial charge in [-0.15, -0.1) is 0 Å². The van der Waals surface area contributed by atoms with Gasteiger partial charge in [0.1, 0.15) is 17.5 Å². The molecule has 0 bridgehead atoms. The second-order valence-corrected chi connectivity index (χ2v) is 9.72. The fourth-order valence-corrected chi connectivity index (χ4v) is 5.23. The molecule has 2 rings (SSSR count). The zero-order valence-corrected chi connectivity index (χ0v) is 18.9. The molecule has 2 aliphatic carbocycles. The van der Waals surface area contributed by atoms with Crippen LogP contribution >= 0.6 is 0 Å². The smallest absolute Gasteiger partial charge is 0.303 e. The van der Waals surface area contributed by atoms with Crippen molar-refractivity contribution < 1.29 is 23.9 Å². The van der Waals surface area contributed by atoms with E-state index in [9.17, 15) is 14.4 Å². The Balaban J connectivity index is 2.59. The van der Waals surface area contributed by atoms with Gasteiger partial charge in [-0.3, -0.25) is 14.4 Å². The van der Waals surface area contributed by atoms with E-state index in [1.165, 1.54) is 13.8 Å². The Bertz CT molecular complexity index is 717. The van der Waals surface area contributed by atoms with Crippen molar-refractivity contribution in [3.8, 4) is 0 Å². The van der Waals surface area contributed by atoms with Crippen LogP contribution in [0.4, 0.5) is 0 Å². The summed E-state index contributed by atoms with van der Waals surface area (Å²) in [4.78, 5) is 36.1. The van der Waals surface area contributed by atoms with Gasteiger partial charge in [-0.05, 0) is 51.0 Å². The van der Waals surface area contributed by atoms with Crippen LogP contribution in [0.5, 0.6) is 0 Å². The van der Waals surface area contributed by atoms with Crippen molar-refractivity contribution in [2.45, 2.75) is 85.9 Å². The number of esters is 2. The van der Waals surface area contributed by atoms with Crippen LogP contribution in [0.1, 0.15) is 74.1 Å². The molecule has 5 nitrogen and oxygen atoms in total. The van der Waals surface area contributed by atoms with Gasteiger partial charge in [-0.25, -0.2) is 0 Å². The van der Waals surface area contributed by atoms with Gasteiger partial charge >= 0.3 is 11.9 Å². The van der Waals surface area contributed by atoms with Crippen molar-refractivity contribution in [3.63, 3.8) is 0 Å². The highest BCUT2D eigenvalue weighted by Crippen LogP contribution is 2.55. The van der Waals surface area contributed by atoms with Gasteiger partial charge in [0.2, 0.25) is 0 Å². The Morgan fingerprint density at radius 1 is 1.21 bits per heavy atom. The van der Waals surface area contributed by atoms with E-state index in [0.717, 1.165) is 18.4 Å². The zero-order chi connectivity index (χ0) is 22.0. The molecule has 0 amide bonds. The highest BCUT2D eigenvalue weighted by atomic mass is 16.6. The molecule has 2 aliphatic rings. The van der Waals surface area contributed by atoms with Gasteiger partial charge in [-0.2, -0.15) is 0 Å². The zero-order valence-electron chi connectivity index (χ0n) is 18.9. The quantitative estimate of drug-likeness (QED) is 0.499. The number of carbonyl (C=O) groups is 3. The number of hydrogen-bond acceptors (Lipinski definition) is 5. The fraction of sp³-hybridized carbons (Fsp3) is 0.708. The minimum absolute atomic E-state index is 0.0150. The molecule has 0 saturated heterocycles. The summed E-state index contributed by atoms with van der Waals surface area (Å²) in [5, 5.41) is 0. The largest absolute Gasteiger partial charge is 0.460 e. The summed E-state index contributed by atoms with van der Waals surface area (Å²) in [6.45, 7) is 12.9. The molecule has 0 heterocycles. The average molecular weight is 405 g/mol. The third kappa shape index (κ3) is 5.80. The van der Waals surface area contributed by atoms with Crippen molar-refractivity contribution in [1.29, 1.82) is 0 Å². The van der Waals surface area contributed by atoms with Crippen molar-refractivity contribution >= 4 is 17.7 Å². The maximum Gasteiger partial charge on any atom is 0.303 e. The number of fused-ring (bicyclic) bond motifs is 1. The monoisotopic (exact) mass is 404 g/mol. The van der Waals surface area contributed by atoms with Crippen LogP contribution in [0.2, 0.25) is 0 Å². The summed E-state index contributed by atoms with van der Waals surface area (Å²) in [5.74, 6) is -0.375. The highest BCUT2D eigenvalue weighted by molar-refractivity contribution is 5.81. The van der Waals surface area contributed by atoms with Crippen molar-refractivity contribution in [2.75, 3.05) is 0 Å². The molecule has 0 aromatic rings. The minimum Gasteiger partial charge on any atom is -0.460 e. The number of ketones is 1. The predicted molar refractivity (Wildman–Crippen MR) is 112 cm³/mol. The van der Waals surface area contributed by atoms with E-state index in [4.69, 9.17) is 9.47 Å². The molecule has 0 unspecified atom stereocenters. The van der Waals surface area contributed by atoms with Crippen LogP contribution in [-0.4, -0.2) is 29.4 Å². The third-order valence-electron chi connectivity index (χ3n) is 6.42. The standard InChI is InChI=1S/C24H36O5/c1-15-8-10-24(7)11-9-20(23(5,6)29-18(4)26)22(24)21(28-17(3)25)14-16(2)13-19(27)12-15/h8,10,14-15,20-22H,9,11-13H2,1-7H3/b10-8+,16-14-/t15-,20-,21+,22-,24+/m1/s1. The van der Waals surface area contributed by atoms with Crippen LogP contribution in [0.3, 0.4) is 0 Å². The van der Waals surface area contributed by atoms with Crippen LogP contribution in [-0.2, 0) is 23.9 Å². The lowest BCUT2D eigenvalue weighted by Crippen LogP contribution is -2.46. The molecule has 5 heteroatoms. The van der Waals surface area contributed by atoms with Crippen LogP contribution in [0.25, 0.3) is 0 Å². The number of allylic oxidation sites excluding steroid dienone is 3. The maximum absolute atomic E-state index is 12.4. The van der Waals surface area contributed by atoms with Gasteiger partial charge in [0, 0.05) is 38.5 Å². The normalized spacial score (nSPS) is 36.2. The van der Waals surface area contributed by atoms with Crippen LogP contribution in [0.15, 0.2) is 23.8 Å². The second kappa shape index (κ2) is 8.85. The second-order valence-electron chi connectivity index (χ2n) is 9.72. The molecule has 1 saturated carbocycles. The summed E-state index contributed by atoms with van der Waals surface area (Å²) in [7, 11) is 0. The molecule has 1 fully saturated rings.